The monoisotopic (exact) mass is 372 g/mol. The molecule has 27 heavy (non-hydrogen) atoms. The number of benzene rings is 1. The number of imide groups is 1. The molecule has 2 saturated heterocycles. The number of para-hydroxylation sites is 2. The molecular formula is C18H20N4O5. The lowest BCUT2D eigenvalue weighted by Gasteiger charge is -2.34. The second-order valence-electron chi connectivity index (χ2n) is 6.75. The van der Waals surface area contributed by atoms with Gasteiger partial charge in [0.2, 0.25) is 5.91 Å². The molecule has 0 aromatic heterocycles. The summed E-state index contributed by atoms with van der Waals surface area (Å²) >= 11 is 0. The predicted octanol–water partition coefficient (Wildman–Crippen LogP) is -0.0468. The number of ether oxygens (including phenoxy) is 1. The van der Waals surface area contributed by atoms with Gasteiger partial charge in [0.1, 0.15) is 18.3 Å². The fourth-order valence-corrected chi connectivity index (χ4v) is 3.82. The molecule has 5 amide bonds. The van der Waals surface area contributed by atoms with E-state index < -0.39 is 24.1 Å². The van der Waals surface area contributed by atoms with Crippen LogP contribution in [-0.2, 0) is 14.4 Å². The van der Waals surface area contributed by atoms with Crippen LogP contribution in [0.15, 0.2) is 24.3 Å². The Morgan fingerprint density at radius 3 is 2.78 bits per heavy atom. The van der Waals surface area contributed by atoms with E-state index in [9.17, 15) is 19.2 Å². The Morgan fingerprint density at radius 1 is 1.26 bits per heavy atom. The summed E-state index contributed by atoms with van der Waals surface area (Å²) in [6.45, 7) is 0.206. The summed E-state index contributed by atoms with van der Waals surface area (Å²) in [6, 6.07) is 6.02. The number of hydrogen-bond donors (Lipinski definition) is 1. The van der Waals surface area contributed by atoms with Gasteiger partial charge in [-0.3, -0.25) is 19.3 Å². The van der Waals surface area contributed by atoms with E-state index >= 15 is 0 Å². The van der Waals surface area contributed by atoms with Crippen molar-refractivity contribution in [3.05, 3.63) is 24.3 Å². The minimum Gasteiger partial charge on any atom is -0.477 e. The van der Waals surface area contributed by atoms with Crippen molar-refractivity contribution in [3.63, 3.8) is 0 Å². The molecule has 2 unspecified atom stereocenters. The molecular weight excluding hydrogens is 352 g/mol. The Balaban J connectivity index is 1.56. The van der Waals surface area contributed by atoms with Gasteiger partial charge in [-0.15, -0.1) is 0 Å². The number of rotatable bonds is 3. The average molecular weight is 372 g/mol. The number of likely N-dealkylation sites (N-methyl/N-ethyl adjacent to an activating group) is 1. The lowest BCUT2D eigenvalue weighted by Crippen LogP contribution is -2.52. The van der Waals surface area contributed by atoms with Gasteiger partial charge in [-0.05, 0) is 25.0 Å². The maximum absolute atomic E-state index is 13.0. The fraction of sp³-hybridized carbons (Fsp3) is 0.444. The quantitative estimate of drug-likeness (QED) is 0.751. The second-order valence-corrected chi connectivity index (χ2v) is 6.75. The van der Waals surface area contributed by atoms with Crippen molar-refractivity contribution in [2.45, 2.75) is 25.0 Å². The van der Waals surface area contributed by atoms with Crippen LogP contribution in [-0.4, -0.2) is 72.4 Å². The number of hydrogen-bond acceptors (Lipinski definition) is 5. The number of urea groups is 1. The van der Waals surface area contributed by atoms with Crippen LogP contribution in [0.25, 0.3) is 0 Å². The van der Waals surface area contributed by atoms with Gasteiger partial charge < -0.3 is 19.9 Å². The van der Waals surface area contributed by atoms with Gasteiger partial charge in [0.15, 0.2) is 6.10 Å². The van der Waals surface area contributed by atoms with Gasteiger partial charge in [-0.1, -0.05) is 12.1 Å². The van der Waals surface area contributed by atoms with Crippen molar-refractivity contribution < 1.29 is 23.9 Å². The molecule has 2 atom stereocenters. The van der Waals surface area contributed by atoms with Crippen LogP contribution in [0.2, 0.25) is 0 Å². The Labute approximate surface area is 155 Å². The number of nitrogens with zero attached hydrogens (tertiary/aromatic N) is 3. The van der Waals surface area contributed by atoms with Crippen LogP contribution in [0.3, 0.4) is 0 Å². The van der Waals surface area contributed by atoms with E-state index in [0.29, 0.717) is 24.4 Å². The van der Waals surface area contributed by atoms with Crippen LogP contribution in [0.4, 0.5) is 10.5 Å². The summed E-state index contributed by atoms with van der Waals surface area (Å²) < 4.78 is 5.68. The molecule has 3 aliphatic heterocycles. The van der Waals surface area contributed by atoms with Crippen molar-refractivity contribution in [1.82, 2.24) is 15.1 Å². The van der Waals surface area contributed by atoms with Crippen LogP contribution in [0.5, 0.6) is 5.75 Å². The van der Waals surface area contributed by atoms with E-state index in [2.05, 4.69) is 5.32 Å². The normalized spacial score (nSPS) is 23.8. The molecule has 142 valence electrons. The van der Waals surface area contributed by atoms with E-state index in [-0.39, 0.29) is 24.9 Å². The molecule has 0 bridgehead atoms. The molecule has 0 saturated carbocycles. The Hall–Kier alpha value is -3.10. The highest BCUT2D eigenvalue weighted by Crippen LogP contribution is 2.34. The summed E-state index contributed by atoms with van der Waals surface area (Å²) in [6.07, 6.45) is 0.574. The molecule has 9 nitrogen and oxygen atoms in total. The number of fused-ring (bicyclic) bond motifs is 2. The van der Waals surface area contributed by atoms with Crippen molar-refractivity contribution in [2.24, 2.45) is 0 Å². The number of anilines is 1. The average Bonchev–Trinajstić information content (AvgIpc) is 3.26. The topological polar surface area (TPSA) is 99.3 Å². The molecule has 3 heterocycles. The van der Waals surface area contributed by atoms with E-state index in [1.165, 1.54) is 16.8 Å². The number of carbonyl (C=O) groups is 4. The molecule has 1 aromatic rings. The molecule has 0 aliphatic carbocycles. The van der Waals surface area contributed by atoms with Gasteiger partial charge in [0, 0.05) is 13.6 Å². The SMILES string of the molecule is CNC(=O)C1CN(C(=O)CN2C(=O)C3CCCN3C2=O)c2ccccc2O1. The molecule has 3 aliphatic rings. The van der Waals surface area contributed by atoms with E-state index in [4.69, 9.17) is 4.74 Å². The first-order chi connectivity index (χ1) is 13.0. The fourth-order valence-electron chi connectivity index (χ4n) is 3.82. The Morgan fingerprint density at radius 2 is 2.04 bits per heavy atom. The van der Waals surface area contributed by atoms with Crippen molar-refractivity contribution in [2.75, 3.05) is 31.6 Å². The zero-order valence-electron chi connectivity index (χ0n) is 14.9. The predicted molar refractivity (Wildman–Crippen MR) is 94.1 cm³/mol. The zero-order chi connectivity index (χ0) is 19.1. The molecule has 4 rings (SSSR count). The Bertz CT molecular complexity index is 804. The van der Waals surface area contributed by atoms with Gasteiger partial charge in [-0.2, -0.15) is 0 Å². The van der Waals surface area contributed by atoms with Gasteiger partial charge in [0.25, 0.3) is 11.8 Å². The van der Waals surface area contributed by atoms with Gasteiger partial charge >= 0.3 is 6.03 Å². The van der Waals surface area contributed by atoms with E-state index in [1.54, 1.807) is 24.3 Å². The summed E-state index contributed by atoms with van der Waals surface area (Å²) in [5, 5.41) is 2.51. The highest BCUT2D eigenvalue weighted by molar-refractivity contribution is 6.09. The second kappa shape index (κ2) is 6.57. The van der Waals surface area contributed by atoms with Crippen molar-refractivity contribution in [3.8, 4) is 5.75 Å². The van der Waals surface area contributed by atoms with Crippen LogP contribution in [0.1, 0.15) is 12.8 Å². The molecule has 0 radical (unpaired) electrons. The maximum atomic E-state index is 13.0. The third-order valence-corrected chi connectivity index (χ3v) is 5.19. The molecule has 0 spiro atoms. The lowest BCUT2D eigenvalue weighted by molar-refractivity contribution is -0.132. The standard InChI is InChI=1S/C18H20N4O5/c1-19-16(24)14-9-21(11-5-2-3-7-13(11)27-14)15(23)10-22-17(25)12-6-4-8-20(12)18(22)26/h2-3,5,7,12,14H,4,6,8-10H2,1H3,(H,19,24). The van der Waals surface area contributed by atoms with Crippen LogP contribution < -0.4 is 15.0 Å². The minimum atomic E-state index is -0.859. The molecule has 2 fully saturated rings. The van der Waals surface area contributed by atoms with Crippen molar-refractivity contribution >= 4 is 29.4 Å². The van der Waals surface area contributed by atoms with Crippen molar-refractivity contribution in [1.29, 1.82) is 0 Å². The summed E-state index contributed by atoms with van der Waals surface area (Å²) in [4.78, 5) is 53.9. The lowest BCUT2D eigenvalue weighted by atomic mass is 10.1. The smallest absolute Gasteiger partial charge is 0.327 e. The number of amides is 5. The van der Waals surface area contributed by atoms with Gasteiger partial charge in [-0.25, -0.2) is 4.79 Å². The third kappa shape index (κ3) is 2.79. The molecule has 1 aromatic carbocycles. The summed E-state index contributed by atoms with van der Waals surface area (Å²) in [7, 11) is 1.49. The van der Waals surface area contributed by atoms with Crippen LogP contribution in [0, 0.1) is 0 Å². The largest absolute Gasteiger partial charge is 0.477 e. The number of nitrogens with one attached hydrogen (secondary N) is 1. The first-order valence-electron chi connectivity index (χ1n) is 8.91. The Kier molecular flexibility index (Phi) is 4.21. The summed E-state index contributed by atoms with van der Waals surface area (Å²) in [5.74, 6) is -0.695. The highest BCUT2D eigenvalue weighted by atomic mass is 16.5. The molecule has 9 heteroatoms. The minimum absolute atomic E-state index is 0.0128. The molecule has 1 N–H and O–H groups in total. The third-order valence-electron chi connectivity index (χ3n) is 5.19. The van der Waals surface area contributed by atoms with Crippen LogP contribution >= 0.6 is 0 Å². The first kappa shape index (κ1) is 17.3. The maximum Gasteiger partial charge on any atom is 0.327 e. The zero-order valence-corrected chi connectivity index (χ0v) is 14.9. The van der Waals surface area contributed by atoms with Gasteiger partial charge in [0.05, 0.1) is 12.2 Å². The van der Waals surface area contributed by atoms with E-state index in [1.807, 2.05) is 0 Å². The highest BCUT2D eigenvalue weighted by Gasteiger charge is 2.48. The van der Waals surface area contributed by atoms with E-state index in [0.717, 1.165) is 11.3 Å². The summed E-state index contributed by atoms with van der Waals surface area (Å²) in [5.41, 5.74) is 0.516. The first-order valence-corrected chi connectivity index (χ1v) is 8.91. The number of carbonyl (C=O) groups excluding carboxylic acids is 4.